The van der Waals surface area contributed by atoms with Crippen molar-refractivity contribution in [2.75, 3.05) is 25.2 Å². The number of aromatic nitrogens is 3. The fourth-order valence-corrected chi connectivity index (χ4v) is 4.84. The van der Waals surface area contributed by atoms with E-state index >= 15 is 0 Å². The van der Waals surface area contributed by atoms with Gasteiger partial charge in [-0.2, -0.15) is 5.10 Å². The number of benzene rings is 2. The molecule has 1 aliphatic heterocycles. The van der Waals surface area contributed by atoms with Crippen LogP contribution in [0.5, 0.6) is 0 Å². The highest BCUT2D eigenvalue weighted by atomic mass is 19.2. The monoisotopic (exact) mass is 506 g/mol. The summed E-state index contributed by atoms with van der Waals surface area (Å²) >= 11 is 0. The van der Waals surface area contributed by atoms with E-state index in [1.807, 2.05) is 38.1 Å². The van der Waals surface area contributed by atoms with Gasteiger partial charge >= 0.3 is 5.97 Å². The average molecular weight is 507 g/mol. The van der Waals surface area contributed by atoms with E-state index in [2.05, 4.69) is 22.0 Å². The summed E-state index contributed by atoms with van der Waals surface area (Å²) in [6.45, 7) is 5.44. The quantitative estimate of drug-likeness (QED) is 0.356. The third-order valence-electron chi connectivity index (χ3n) is 6.90. The van der Waals surface area contributed by atoms with Gasteiger partial charge < -0.3 is 14.7 Å². The highest BCUT2D eigenvalue weighted by Crippen LogP contribution is 2.36. The summed E-state index contributed by atoms with van der Waals surface area (Å²) in [5.74, 6) is -3.23. The smallest absolute Gasteiger partial charge is 0.354 e. The summed E-state index contributed by atoms with van der Waals surface area (Å²) in [6.07, 6.45) is 1.93. The minimum Gasteiger partial charge on any atom is -0.477 e. The Morgan fingerprint density at radius 1 is 1.08 bits per heavy atom. The molecule has 0 radical (unpaired) electrons. The molecule has 0 saturated carbocycles. The van der Waals surface area contributed by atoms with Gasteiger partial charge in [0.1, 0.15) is 0 Å². The fraction of sp³-hybridized carbons (Fsp3) is 0.321. The van der Waals surface area contributed by atoms with E-state index in [0.717, 1.165) is 49.4 Å². The molecule has 2 aromatic heterocycles. The molecule has 0 aliphatic carbocycles. The number of halogens is 2. The molecule has 192 valence electrons. The fourth-order valence-electron chi connectivity index (χ4n) is 4.84. The van der Waals surface area contributed by atoms with Crippen molar-refractivity contribution in [2.45, 2.75) is 38.6 Å². The van der Waals surface area contributed by atoms with Gasteiger partial charge in [-0.3, -0.25) is 0 Å². The zero-order valence-corrected chi connectivity index (χ0v) is 20.9. The lowest BCUT2D eigenvalue weighted by atomic mass is 9.97. The molecule has 0 atom stereocenters. The van der Waals surface area contributed by atoms with Crippen molar-refractivity contribution in [2.24, 2.45) is 0 Å². The van der Waals surface area contributed by atoms with Crippen molar-refractivity contribution in [3.63, 3.8) is 0 Å². The van der Waals surface area contributed by atoms with Gasteiger partial charge in [-0.15, -0.1) is 0 Å². The van der Waals surface area contributed by atoms with Gasteiger partial charge in [0, 0.05) is 38.1 Å². The molecule has 0 spiro atoms. The van der Waals surface area contributed by atoms with Crippen molar-refractivity contribution in [3.8, 4) is 16.8 Å². The van der Waals surface area contributed by atoms with Crippen LogP contribution in [-0.2, 0) is 4.74 Å². The molecule has 3 heterocycles. The number of hydrogen-bond acceptors (Lipinski definition) is 5. The first-order chi connectivity index (χ1) is 17.7. The molecule has 1 fully saturated rings. The summed E-state index contributed by atoms with van der Waals surface area (Å²) in [5, 5.41) is 15.2. The lowest BCUT2D eigenvalue weighted by Gasteiger charge is -2.33. The van der Waals surface area contributed by atoms with E-state index in [9.17, 15) is 18.7 Å². The lowest BCUT2D eigenvalue weighted by Crippen LogP contribution is -2.36. The third-order valence-corrected chi connectivity index (χ3v) is 6.90. The number of carbonyl (C=O) groups is 1. The first-order valence-electron chi connectivity index (χ1n) is 12.3. The van der Waals surface area contributed by atoms with E-state index in [1.54, 1.807) is 6.07 Å². The maximum Gasteiger partial charge on any atom is 0.354 e. The molecular weight excluding hydrogens is 478 g/mol. The van der Waals surface area contributed by atoms with Crippen molar-refractivity contribution in [1.82, 2.24) is 14.8 Å². The second kappa shape index (κ2) is 9.89. The zero-order chi connectivity index (χ0) is 26.3. The van der Waals surface area contributed by atoms with E-state index in [4.69, 9.17) is 4.74 Å². The minimum absolute atomic E-state index is 0.0378. The molecule has 0 unspecified atom stereocenters. The number of nitrogens with zero attached hydrogens (tertiary/aromatic N) is 4. The van der Waals surface area contributed by atoms with Crippen LogP contribution >= 0.6 is 0 Å². The summed E-state index contributed by atoms with van der Waals surface area (Å²) in [6, 6.07) is 13.3. The van der Waals surface area contributed by atoms with Crippen LogP contribution in [-0.4, -0.2) is 52.1 Å². The molecule has 9 heteroatoms. The minimum atomic E-state index is -1.19. The van der Waals surface area contributed by atoms with Crippen molar-refractivity contribution in [3.05, 3.63) is 71.6 Å². The Balaban J connectivity index is 1.67. The first-order valence-corrected chi connectivity index (χ1v) is 12.3. The van der Waals surface area contributed by atoms with Gasteiger partial charge in [0.25, 0.3) is 0 Å². The Morgan fingerprint density at radius 3 is 2.41 bits per heavy atom. The number of carboxylic acids is 1. The van der Waals surface area contributed by atoms with Crippen LogP contribution < -0.4 is 4.90 Å². The predicted octanol–water partition coefficient (Wildman–Crippen LogP) is 5.80. The number of anilines is 1. The molecule has 1 aliphatic rings. The van der Waals surface area contributed by atoms with Crippen LogP contribution in [0.1, 0.15) is 48.8 Å². The van der Waals surface area contributed by atoms with Crippen molar-refractivity contribution < 1.29 is 23.4 Å². The number of rotatable bonds is 6. The Kier molecular flexibility index (Phi) is 6.64. The van der Waals surface area contributed by atoms with E-state index < -0.39 is 17.6 Å². The maximum atomic E-state index is 14.1. The number of fused-ring (bicyclic) bond motifs is 1. The molecule has 1 saturated heterocycles. The standard InChI is InChI=1S/C28H28F2N4O3/c1-16(2)26-25-21(17-4-6-18(7-5-17)33(3)19-10-12-37-13-11-19)15-24(28(35)36)31-27(25)34(32-26)20-8-9-22(29)23(30)14-20/h4-9,14-16,19H,10-13H2,1-3H3,(H,35,36). The van der Waals surface area contributed by atoms with Gasteiger partial charge in [0.05, 0.1) is 16.8 Å². The summed E-state index contributed by atoms with van der Waals surface area (Å²) in [4.78, 5) is 18.6. The van der Waals surface area contributed by atoms with Crippen LogP contribution in [0.3, 0.4) is 0 Å². The Bertz CT molecular complexity index is 1460. The molecule has 5 rings (SSSR count). The molecular formula is C28H28F2N4O3. The van der Waals surface area contributed by atoms with Gasteiger partial charge in [-0.25, -0.2) is 23.2 Å². The zero-order valence-electron chi connectivity index (χ0n) is 20.9. The van der Waals surface area contributed by atoms with E-state index in [1.165, 1.54) is 10.7 Å². The SMILES string of the molecule is CC(C)c1nn(-c2ccc(F)c(F)c2)c2nc(C(=O)O)cc(-c3ccc(N(C)C4CCOCC4)cc3)c12. The van der Waals surface area contributed by atoms with Gasteiger partial charge in [0.15, 0.2) is 23.0 Å². The molecule has 37 heavy (non-hydrogen) atoms. The van der Waals surface area contributed by atoms with Gasteiger partial charge in [0.2, 0.25) is 0 Å². The van der Waals surface area contributed by atoms with Crippen LogP contribution in [0.2, 0.25) is 0 Å². The number of aromatic carboxylic acids is 1. The maximum absolute atomic E-state index is 14.1. The highest BCUT2D eigenvalue weighted by molar-refractivity contribution is 6.00. The molecule has 4 aromatic rings. The second-order valence-corrected chi connectivity index (χ2v) is 9.61. The Labute approximate surface area is 213 Å². The third kappa shape index (κ3) is 4.67. The van der Waals surface area contributed by atoms with Crippen LogP contribution in [0, 0.1) is 11.6 Å². The number of carboxylic acid groups (broad SMARTS) is 1. The van der Waals surface area contributed by atoms with Gasteiger partial charge in [-0.05, 0) is 60.2 Å². The molecule has 7 nitrogen and oxygen atoms in total. The topological polar surface area (TPSA) is 80.5 Å². The number of hydrogen-bond donors (Lipinski definition) is 1. The molecule has 0 amide bonds. The normalized spacial score (nSPS) is 14.4. The van der Waals surface area contributed by atoms with Crippen LogP contribution in [0.15, 0.2) is 48.5 Å². The summed E-state index contributed by atoms with van der Waals surface area (Å²) < 4.78 is 34.6. The van der Waals surface area contributed by atoms with Crippen LogP contribution in [0.25, 0.3) is 27.8 Å². The highest BCUT2D eigenvalue weighted by Gasteiger charge is 2.24. The van der Waals surface area contributed by atoms with Gasteiger partial charge in [-0.1, -0.05) is 26.0 Å². The molecule has 1 N–H and O–H groups in total. The van der Waals surface area contributed by atoms with E-state index in [-0.39, 0.29) is 22.9 Å². The second-order valence-electron chi connectivity index (χ2n) is 9.61. The Hall–Kier alpha value is -3.85. The Morgan fingerprint density at radius 2 is 1.78 bits per heavy atom. The van der Waals surface area contributed by atoms with E-state index in [0.29, 0.717) is 22.7 Å². The average Bonchev–Trinajstić information content (AvgIpc) is 3.30. The summed E-state index contributed by atoms with van der Waals surface area (Å²) in [7, 11) is 2.07. The molecule has 0 bridgehead atoms. The largest absolute Gasteiger partial charge is 0.477 e. The lowest BCUT2D eigenvalue weighted by molar-refractivity contribution is 0.0691. The predicted molar refractivity (Wildman–Crippen MR) is 138 cm³/mol. The summed E-state index contributed by atoms with van der Waals surface area (Å²) in [5.41, 5.74) is 3.58. The van der Waals surface area contributed by atoms with Crippen molar-refractivity contribution in [1.29, 1.82) is 0 Å². The van der Waals surface area contributed by atoms with Crippen LogP contribution in [0.4, 0.5) is 14.5 Å². The molecule has 2 aromatic carbocycles. The first kappa shape index (κ1) is 24.8. The van der Waals surface area contributed by atoms with Crippen molar-refractivity contribution >= 4 is 22.7 Å². The number of ether oxygens (including phenoxy) is 1. The number of pyridine rings is 1.